The third-order valence-electron chi connectivity index (χ3n) is 2.15. The number of hydrogen-bond donors (Lipinski definition) is 2. The molecule has 0 aliphatic rings. The first-order chi connectivity index (χ1) is 8.36. The summed E-state index contributed by atoms with van der Waals surface area (Å²) in [6, 6.07) is 1.98. The Labute approximate surface area is 104 Å². The van der Waals surface area contributed by atoms with E-state index in [4.69, 9.17) is 14.6 Å². The van der Waals surface area contributed by atoms with Crippen molar-refractivity contribution in [1.29, 1.82) is 0 Å². The number of halogens is 1. The molecule has 0 aromatic heterocycles. The maximum Gasteiger partial charge on any atom is 0.337 e. The third-order valence-corrected chi connectivity index (χ3v) is 2.15. The van der Waals surface area contributed by atoms with E-state index in [1.165, 1.54) is 7.11 Å². The molecule has 6 heteroatoms. The van der Waals surface area contributed by atoms with Crippen molar-refractivity contribution in [1.82, 2.24) is 0 Å². The maximum atomic E-state index is 13.3. The molecule has 1 atom stereocenters. The number of carboxylic acid groups (broad SMARTS) is 1. The highest BCUT2D eigenvalue weighted by atomic mass is 19.1. The summed E-state index contributed by atoms with van der Waals surface area (Å²) in [6.07, 6.45) is -2.15. The van der Waals surface area contributed by atoms with Crippen LogP contribution >= 0.6 is 0 Å². The van der Waals surface area contributed by atoms with Gasteiger partial charge in [0.2, 0.25) is 0 Å². The highest BCUT2D eigenvalue weighted by Gasteiger charge is 2.25. The molecule has 0 aliphatic heterocycles. The van der Waals surface area contributed by atoms with Gasteiger partial charge in [-0.25, -0.2) is 9.18 Å². The predicted octanol–water partition coefficient (Wildman–Crippen LogP) is 1.74. The molecule has 0 spiro atoms. The van der Waals surface area contributed by atoms with Gasteiger partial charge in [0.1, 0.15) is 5.82 Å². The summed E-state index contributed by atoms with van der Waals surface area (Å²) in [5, 5.41) is 18.3. The highest BCUT2D eigenvalue weighted by Crippen LogP contribution is 2.36. The molecule has 0 radical (unpaired) electrons. The number of carboxylic acids is 1. The monoisotopic (exact) mass is 258 g/mol. The Kier molecular flexibility index (Phi) is 4.49. The Morgan fingerprint density at radius 2 is 2.00 bits per heavy atom. The molecule has 0 saturated heterocycles. The summed E-state index contributed by atoms with van der Waals surface area (Å²) in [7, 11) is 1.30. The molecule has 0 heterocycles. The van der Waals surface area contributed by atoms with Crippen LogP contribution in [0.15, 0.2) is 12.1 Å². The highest BCUT2D eigenvalue weighted by molar-refractivity contribution is 5.76. The number of ether oxygens (including phenoxy) is 2. The summed E-state index contributed by atoms with van der Waals surface area (Å²) in [4.78, 5) is 10.8. The molecular weight excluding hydrogens is 243 g/mol. The van der Waals surface area contributed by atoms with Crippen molar-refractivity contribution in [2.75, 3.05) is 7.11 Å². The second-order valence-electron chi connectivity index (χ2n) is 3.93. The van der Waals surface area contributed by atoms with E-state index in [9.17, 15) is 14.3 Å². The fraction of sp³-hybridized carbons (Fsp3) is 0.417. The Morgan fingerprint density at radius 3 is 2.44 bits per heavy atom. The van der Waals surface area contributed by atoms with Crippen LogP contribution in [0.5, 0.6) is 11.5 Å². The lowest BCUT2D eigenvalue weighted by Crippen LogP contribution is -2.15. The average Bonchev–Trinajstić information content (AvgIpc) is 2.29. The first kappa shape index (κ1) is 14.2. The minimum atomic E-state index is -1.87. The van der Waals surface area contributed by atoms with E-state index in [1.54, 1.807) is 13.8 Å². The molecule has 0 fully saturated rings. The smallest absolute Gasteiger partial charge is 0.337 e. The Hall–Kier alpha value is -1.82. The second kappa shape index (κ2) is 5.68. The number of hydrogen-bond acceptors (Lipinski definition) is 4. The van der Waals surface area contributed by atoms with Crippen molar-refractivity contribution in [3.05, 3.63) is 23.5 Å². The number of aliphatic carboxylic acids is 1. The van der Waals surface area contributed by atoms with E-state index in [-0.39, 0.29) is 23.2 Å². The first-order valence-corrected chi connectivity index (χ1v) is 5.31. The Morgan fingerprint density at radius 1 is 1.39 bits per heavy atom. The van der Waals surface area contributed by atoms with E-state index >= 15 is 0 Å². The van der Waals surface area contributed by atoms with Gasteiger partial charge in [-0.2, -0.15) is 0 Å². The van der Waals surface area contributed by atoms with Crippen molar-refractivity contribution in [2.24, 2.45) is 0 Å². The largest absolute Gasteiger partial charge is 0.493 e. The zero-order valence-electron chi connectivity index (χ0n) is 10.3. The fourth-order valence-electron chi connectivity index (χ4n) is 1.44. The zero-order valence-corrected chi connectivity index (χ0v) is 10.3. The lowest BCUT2D eigenvalue weighted by atomic mass is 10.1. The standard InChI is InChI=1S/C12H15FO5/c1-6(2)18-11-8(10(14)12(15)16)4-7(13)5-9(11)17-3/h4-6,10,14H,1-3H3,(H,15,16). The molecule has 0 amide bonds. The fourth-order valence-corrected chi connectivity index (χ4v) is 1.44. The van der Waals surface area contributed by atoms with Gasteiger partial charge in [-0.3, -0.25) is 0 Å². The van der Waals surface area contributed by atoms with E-state index < -0.39 is 17.9 Å². The van der Waals surface area contributed by atoms with Gasteiger partial charge in [0, 0.05) is 11.6 Å². The van der Waals surface area contributed by atoms with Crippen LogP contribution in [0.4, 0.5) is 4.39 Å². The van der Waals surface area contributed by atoms with Crippen LogP contribution in [0, 0.1) is 5.82 Å². The number of rotatable bonds is 5. The van der Waals surface area contributed by atoms with Crippen LogP contribution in [0.3, 0.4) is 0 Å². The van der Waals surface area contributed by atoms with E-state index in [1.807, 2.05) is 0 Å². The summed E-state index contributed by atoms with van der Waals surface area (Å²) >= 11 is 0. The van der Waals surface area contributed by atoms with Crippen LogP contribution < -0.4 is 9.47 Å². The van der Waals surface area contributed by atoms with Gasteiger partial charge in [-0.1, -0.05) is 0 Å². The van der Waals surface area contributed by atoms with Gasteiger partial charge >= 0.3 is 5.97 Å². The number of methoxy groups -OCH3 is 1. The van der Waals surface area contributed by atoms with Gasteiger partial charge in [-0.15, -0.1) is 0 Å². The van der Waals surface area contributed by atoms with Crippen LogP contribution in [-0.2, 0) is 4.79 Å². The topological polar surface area (TPSA) is 76.0 Å². The SMILES string of the molecule is COc1cc(F)cc(C(O)C(=O)O)c1OC(C)C. The van der Waals surface area contributed by atoms with Crippen LogP contribution in [0.1, 0.15) is 25.5 Å². The number of benzene rings is 1. The molecule has 1 aromatic carbocycles. The lowest BCUT2D eigenvalue weighted by molar-refractivity contribution is -0.147. The zero-order chi connectivity index (χ0) is 13.9. The van der Waals surface area contributed by atoms with Crippen molar-refractivity contribution in [3.8, 4) is 11.5 Å². The molecule has 1 rings (SSSR count). The van der Waals surface area contributed by atoms with Crippen LogP contribution in [-0.4, -0.2) is 29.4 Å². The quantitative estimate of drug-likeness (QED) is 0.841. The molecule has 5 nitrogen and oxygen atoms in total. The van der Waals surface area contributed by atoms with Gasteiger partial charge in [0.25, 0.3) is 0 Å². The molecule has 0 saturated carbocycles. The van der Waals surface area contributed by atoms with Gasteiger partial charge in [0.05, 0.1) is 13.2 Å². The molecule has 1 aromatic rings. The minimum absolute atomic E-state index is 0.0313. The van der Waals surface area contributed by atoms with Crippen molar-refractivity contribution in [2.45, 2.75) is 26.1 Å². The first-order valence-electron chi connectivity index (χ1n) is 5.31. The number of carbonyl (C=O) groups is 1. The second-order valence-corrected chi connectivity index (χ2v) is 3.93. The third kappa shape index (κ3) is 3.10. The van der Waals surface area contributed by atoms with Crippen molar-refractivity contribution in [3.63, 3.8) is 0 Å². The van der Waals surface area contributed by atoms with Crippen molar-refractivity contribution < 1.29 is 28.9 Å². The van der Waals surface area contributed by atoms with Crippen molar-refractivity contribution >= 4 is 5.97 Å². The molecule has 2 N–H and O–H groups in total. The van der Waals surface area contributed by atoms with E-state index in [0.29, 0.717) is 0 Å². The number of aliphatic hydroxyl groups is 1. The van der Waals surface area contributed by atoms with E-state index in [0.717, 1.165) is 12.1 Å². The summed E-state index contributed by atoms with van der Waals surface area (Å²) in [5.74, 6) is -2.13. The maximum absolute atomic E-state index is 13.3. The Balaban J connectivity index is 3.36. The number of aliphatic hydroxyl groups excluding tert-OH is 1. The Bertz CT molecular complexity index is 444. The normalized spacial score (nSPS) is 12.3. The molecule has 100 valence electrons. The van der Waals surface area contributed by atoms with Gasteiger partial charge < -0.3 is 19.7 Å². The average molecular weight is 258 g/mol. The summed E-state index contributed by atoms with van der Waals surface area (Å²) < 4.78 is 23.6. The van der Waals surface area contributed by atoms with Crippen LogP contribution in [0.2, 0.25) is 0 Å². The van der Waals surface area contributed by atoms with E-state index in [2.05, 4.69) is 0 Å². The molecular formula is C12H15FO5. The summed E-state index contributed by atoms with van der Waals surface area (Å²) in [6.45, 7) is 3.44. The van der Waals surface area contributed by atoms with Gasteiger partial charge in [0.15, 0.2) is 17.6 Å². The lowest BCUT2D eigenvalue weighted by Gasteiger charge is -2.19. The molecule has 0 bridgehead atoms. The molecule has 0 aliphatic carbocycles. The van der Waals surface area contributed by atoms with Gasteiger partial charge in [-0.05, 0) is 19.9 Å². The summed E-state index contributed by atoms with van der Waals surface area (Å²) in [5.41, 5.74) is -0.173. The van der Waals surface area contributed by atoms with Crippen LogP contribution in [0.25, 0.3) is 0 Å². The molecule has 1 unspecified atom stereocenters. The predicted molar refractivity (Wildman–Crippen MR) is 61.3 cm³/mol. The molecule has 18 heavy (non-hydrogen) atoms. The minimum Gasteiger partial charge on any atom is -0.493 e.